The number of hydrogen-bond donors (Lipinski definition) is 0. The highest BCUT2D eigenvalue weighted by molar-refractivity contribution is 7.99. The maximum absolute atomic E-state index is 12.9. The molecule has 0 N–H and O–H groups in total. The smallest absolute Gasteiger partial charge is 0.263 e. The van der Waals surface area contributed by atoms with Crippen molar-refractivity contribution < 1.29 is 4.79 Å². The Balaban J connectivity index is 1.86. The van der Waals surface area contributed by atoms with Crippen molar-refractivity contribution in [2.24, 2.45) is 5.92 Å². The highest BCUT2D eigenvalue weighted by atomic mass is 32.2. The van der Waals surface area contributed by atoms with Crippen LogP contribution in [0.3, 0.4) is 0 Å². The second-order valence-corrected chi connectivity index (χ2v) is 9.08. The van der Waals surface area contributed by atoms with Crippen molar-refractivity contribution in [2.75, 3.05) is 18.8 Å². The molecule has 2 aromatic rings. The molecule has 1 amide bonds. The topological polar surface area (TPSA) is 55.2 Å². The van der Waals surface area contributed by atoms with Gasteiger partial charge in [-0.05, 0) is 38.2 Å². The predicted molar refractivity (Wildman–Crippen MR) is 109 cm³/mol. The Kier molecular flexibility index (Phi) is 5.87. The van der Waals surface area contributed by atoms with Gasteiger partial charge >= 0.3 is 0 Å². The zero-order chi connectivity index (χ0) is 18.8. The molecule has 7 heteroatoms. The molecule has 140 valence electrons. The van der Waals surface area contributed by atoms with E-state index in [1.54, 1.807) is 10.6 Å². The third-order valence-electron chi connectivity index (χ3n) is 4.90. The standard InChI is InChI=1S/C19H25N3O2S2/c1-5-8-22-18(24)16-13(3)14(4)26-17(16)20-19(22)25-11-15(23)21-9-6-7-12(2)10-21/h5,12H,1,6-11H2,2-4H3/t12-/m0/s1. The SMILES string of the molecule is C=CCn1c(SCC(=O)N2CCC[C@H](C)C2)nc2sc(C)c(C)c2c1=O. The van der Waals surface area contributed by atoms with Gasteiger partial charge in [-0.15, -0.1) is 17.9 Å². The molecule has 1 saturated heterocycles. The molecule has 0 radical (unpaired) electrons. The molecule has 2 aromatic heterocycles. The van der Waals surface area contributed by atoms with Crippen LogP contribution < -0.4 is 5.56 Å². The van der Waals surface area contributed by atoms with Crippen molar-refractivity contribution in [3.63, 3.8) is 0 Å². The lowest BCUT2D eigenvalue weighted by atomic mass is 10.0. The number of aryl methyl sites for hydroxylation is 2. The Hall–Kier alpha value is -1.60. The Labute approximate surface area is 162 Å². The number of carbonyl (C=O) groups is 1. The number of piperidine rings is 1. The molecule has 0 unspecified atom stereocenters. The number of rotatable bonds is 5. The van der Waals surface area contributed by atoms with Gasteiger partial charge in [-0.25, -0.2) is 4.98 Å². The first-order valence-electron chi connectivity index (χ1n) is 8.94. The van der Waals surface area contributed by atoms with Gasteiger partial charge in [-0.1, -0.05) is 24.8 Å². The minimum Gasteiger partial charge on any atom is -0.342 e. The van der Waals surface area contributed by atoms with Crippen LogP contribution in [0.4, 0.5) is 0 Å². The summed E-state index contributed by atoms with van der Waals surface area (Å²) in [4.78, 5) is 34.0. The molecular formula is C19H25N3O2S2. The summed E-state index contributed by atoms with van der Waals surface area (Å²) < 4.78 is 1.63. The Morgan fingerprint density at radius 3 is 2.92 bits per heavy atom. The summed E-state index contributed by atoms with van der Waals surface area (Å²) in [5, 5.41) is 1.29. The number of carbonyl (C=O) groups excluding carboxylic acids is 1. The summed E-state index contributed by atoms with van der Waals surface area (Å²) in [6.45, 7) is 12.0. The first kappa shape index (κ1) is 19.2. The summed E-state index contributed by atoms with van der Waals surface area (Å²) in [6.07, 6.45) is 3.95. The van der Waals surface area contributed by atoms with E-state index in [4.69, 9.17) is 4.98 Å². The third-order valence-corrected chi connectivity index (χ3v) is 6.96. The number of thiophene rings is 1. The number of fused-ring (bicyclic) bond motifs is 1. The number of allylic oxidation sites excluding steroid dienone is 1. The van der Waals surface area contributed by atoms with Crippen molar-refractivity contribution in [2.45, 2.75) is 45.3 Å². The molecule has 1 fully saturated rings. The summed E-state index contributed by atoms with van der Waals surface area (Å²) >= 11 is 2.89. The second kappa shape index (κ2) is 7.96. The minimum absolute atomic E-state index is 0.0432. The maximum Gasteiger partial charge on any atom is 0.263 e. The zero-order valence-corrected chi connectivity index (χ0v) is 17.2. The van der Waals surface area contributed by atoms with Crippen LogP contribution in [0.15, 0.2) is 22.6 Å². The third kappa shape index (κ3) is 3.74. The van der Waals surface area contributed by atoms with E-state index >= 15 is 0 Å². The normalized spacial score (nSPS) is 17.7. The molecule has 0 bridgehead atoms. The van der Waals surface area contributed by atoms with Crippen LogP contribution in [0.2, 0.25) is 0 Å². The molecule has 0 aromatic carbocycles. The molecule has 5 nitrogen and oxygen atoms in total. The summed E-state index contributed by atoms with van der Waals surface area (Å²) in [7, 11) is 0. The fourth-order valence-corrected chi connectivity index (χ4v) is 5.32. The van der Waals surface area contributed by atoms with Gasteiger partial charge in [0.15, 0.2) is 5.16 Å². The molecule has 0 aliphatic carbocycles. The van der Waals surface area contributed by atoms with E-state index in [9.17, 15) is 9.59 Å². The van der Waals surface area contributed by atoms with Crippen molar-refractivity contribution in [1.29, 1.82) is 0 Å². The minimum atomic E-state index is -0.0432. The van der Waals surface area contributed by atoms with Gasteiger partial charge in [0.1, 0.15) is 4.83 Å². The number of amides is 1. The highest BCUT2D eigenvalue weighted by Gasteiger charge is 2.22. The van der Waals surface area contributed by atoms with Crippen LogP contribution in [0.5, 0.6) is 0 Å². The van der Waals surface area contributed by atoms with Crippen LogP contribution >= 0.6 is 23.1 Å². The molecule has 26 heavy (non-hydrogen) atoms. The average molecular weight is 392 g/mol. The van der Waals surface area contributed by atoms with Gasteiger partial charge in [0, 0.05) is 24.5 Å². The van der Waals surface area contributed by atoms with Crippen molar-refractivity contribution >= 4 is 39.2 Å². The van der Waals surface area contributed by atoms with Crippen LogP contribution in [0.25, 0.3) is 10.2 Å². The summed E-state index contributed by atoms with van der Waals surface area (Å²) in [5.41, 5.74) is 0.952. The van der Waals surface area contributed by atoms with E-state index in [1.807, 2.05) is 18.7 Å². The average Bonchev–Trinajstić information content (AvgIpc) is 2.90. The van der Waals surface area contributed by atoms with Crippen molar-refractivity contribution in [1.82, 2.24) is 14.5 Å². The van der Waals surface area contributed by atoms with E-state index in [-0.39, 0.29) is 11.5 Å². The van der Waals surface area contributed by atoms with Crippen LogP contribution in [0, 0.1) is 19.8 Å². The highest BCUT2D eigenvalue weighted by Crippen LogP contribution is 2.28. The fourth-order valence-electron chi connectivity index (χ4n) is 3.34. The van der Waals surface area contributed by atoms with E-state index in [1.165, 1.54) is 29.5 Å². The molecular weight excluding hydrogens is 366 g/mol. The number of likely N-dealkylation sites (tertiary alicyclic amines) is 1. The molecule has 1 aliphatic heterocycles. The Morgan fingerprint density at radius 2 is 2.23 bits per heavy atom. The van der Waals surface area contributed by atoms with Gasteiger partial charge in [0.25, 0.3) is 5.56 Å². The molecule has 3 rings (SSSR count). The molecule has 3 heterocycles. The van der Waals surface area contributed by atoms with E-state index in [0.29, 0.717) is 28.8 Å². The molecule has 0 saturated carbocycles. The molecule has 0 spiro atoms. The first-order valence-corrected chi connectivity index (χ1v) is 10.7. The summed E-state index contributed by atoms with van der Waals surface area (Å²) in [6, 6.07) is 0. The van der Waals surface area contributed by atoms with Gasteiger partial charge < -0.3 is 4.90 Å². The summed E-state index contributed by atoms with van der Waals surface area (Å²) in [5.74, 6) is 0.994. The lowest BCUT2D eigenvalue weighted by Crippen LogP contribution is -2.40. The second-order valence-electron chi connectivity index (χ2n) is 6.94. The monoisotopic (exact) mass is 391 g/mol. The molecule has 1 atom stereocenters. The zero-order valence-electron chi connectivity index (χ0n) is 15.6. The van der Waals surface area contributed by atoms with E-state index < -0.39 is 0 Å². The maximum atomic E-state index is 12.9. The van der Waals surface area contributed by atoms with Crippen LogP contribution in [-0.2, 0) is 11.3 Å². The number of thioether (sulfide) groups is 1. The van der Waals surface area contributed by atoms with Crippen LogP contribution in [0.1, 0.15) is 30.2 Å². The Morgan fingerprint density at radius 1 is 1.46 bits per heavy atom. The van der Waals surface area contributed by atoms with Gasteiger partial charge in [0.05, 0.1) is 11.1 Å². The number of hydrogen-bond acceptors (Lipinski definition) is 5. The van der Waals surface area contributed by atoms with E-state index in [0.717, 1.165) is 34.8 Å². The lowest BCUT2D eigenvalue weighted by molar-refractivity contribution is -0.130. The first-order chi connectivity index (χ1) is 12.4. The largest absolute Gasteiger partial charge is 0.342 e. The Bertz CT molecular complexity index is 900. The van der Waals surface area contributed by atoms with Gasteiger partial charge in [-0.2, -0.15) is 0 Å². The molecule has 1 aliphatic rings. The van der Waals surface area contributed by atoms with Gasteiger partial charge in [0.2, 0.25) is 5.91 Å². The predicted octanol–water partition coefficient (Wildman–Crippen LogP) is 3.61. The van der Waals surface area contributed by atoms with Crippen LogP contribution in [-0.4, -0.2) is 39.2 Å². The van der Waals surface area contributed by atoms with Crippen molar-refractivity contribution in [3.05, 3.63) is 33.4 Å². The lowest BCUT2D eigenvalue weighted by Gasteiger charge is -2.30. The quantitative estimate of drug-likeness (QED) is 0.444. The number of aromatic nitrogens is 2. The van der Waals surface area contributed by atoms with Crippen molar-refractivity contribution in [3.8, 4) is 0 Å². The fraction of sp³-hybridized carbons (Fsp3) is 0.526. The number of nitrogens with zero attached hydrogens (tertiary/aromatic N) is 3. The van der Waals surface area contributed by atoms with Gasteiger partial charge in [-0.3, -0.25) is 14.2 Å². The van der Waals surface area contributed by atoms with E-state index in [2.05, 4.69) is 13.5 Å².